The molecule has 0 aromatic heterocycles. The summed E-state index contributed by atoms with van der Waals surface area (Å²) in [6, 6.07) is 12.7. The van der Waals surface area contributed by atoms with Crippen molar-refractivity contribution in [3.05, 3.63) is 63.6 Å². The number of ether oxygens (including phenoxy) is 1. The van der Waals surface area contributed by atoms with Crippen LogP contribution in [0.5, 0.6) is 5.75 Å². The van der Waals surface area contributed by atoms with Gasteiger partial charge in [0.15, 0.2) is 0 Å². The lowest BCUT2D eigenvalue weighted by Crippen LogP contribution is -2.50. The molecule has 0 aliphatic heterocycles. The Morgan fingerprint density at radius 3 is 2.56 bits per heavy atom. The highest BCUT2D eigenvalue weighted by atomic mass is 35.5. The fraction of sp³-hybridized carbons (Fsp3) is 0.462. The fourth-order valence-corrected chi connectivity index (χ4v) is 5.27. The van der Waals surface area contributed by atoms with Crippen molar-refractivity contribution in [2.24, 2.45) is 0 Å². The van der Waals surface area contributed by atoms with Crippen molar-refractivity contribution < 1.29 is 14.3 Å². The SMILES string of the molecule is COc1cccc(CN(C(=O)CSCc2ccc(Cl)c(Cl)c2)[C@@H](C)C(=O)NC2CCCCC2)c1. The molecule has 0 radical (unpaired) electrons. The second-order valence-electron chi connectivity index (χ2n) is 8.63. The van der Waals surface area contributed by atoms with Crippen LogP contribution in [-0.4, -0.2) is 41.7 Å². The number of amides is 2. The average molecular weight is 524 g/mol. The van der Waals surface area contributed by atoms with Crippen LogP contribution < -0.4 is 10.1 Å². The third-order valence-electron chi connectivity index (χ3n) is 6.08. The molecule has 8 heteroatoms. The van der Waals surface area contributed by atoms with Gasteiger partial charge in [0.05, 0.1) is 22.9 Å². The third-order valence-corrected chi connectivity index (χ3v) is 7.81. The van der Waals surface area contributed by atoms with E-state index in [2.05, 4.69) is 5.32 Å². The van der Waals surface area contributed by atoms with Gasteiger partial charge < -0.3 is 15.0 Å². The zero-order valence-corrected chi connectivity index (χ0v) is 22.0. The monoisotopic (exact) mass is 522 g/mol. The number of benzene rings is 2. The summed E-state index contributed by atoms with van der Waals surface area (Å²) in [5.41, 5.74) is 1.91. The minimum atomic E-state index is -0.578. The van der Waals surface area contributed by atoms with E-state index < -0.39 is 6.04 Å². The van der Waals surface area contributed by atoms with Gasteiger partial charge >= 0.3 is 0 Å². The first-order valence-corrected chi connectivity index (χ1v) is 13.5. The first-order valence-electron chi connectivity index (χ1n) is 11.6. The van der Waals surface area contributed by atoms with Crippen molar-refractivity contribution in [3.8, 4) is 5.75 Å². The Bertz CT molecular complexity index is 982. The van der Waals surface area contributed by atoms with Gasteiger partial charge in [-0.25, -0.2) is 0 Å². The van der Waals surface area contributed by atoms with E-state index in [4.69, 9.17) is 27.9 Å². The normalized spacial score (nSPS) is 14.9. The zero-order valence-electron chi connectivity index (χ0n) is 19.7. The molecular weight excluding hydrogens is 491 g/mol. The van der Waals surface area contributed by atoms with Gasteiger partial charge in [-0.1, -0.05) is 60.7 Å². The maximum atomic E-state index is 13.3. The third kappa shape index (κ3) is 7.82. The summed E-state index contributed by atoms with van der Waals surface area (Å²) in [7, 11) is 1.61. The van der Waals surface area contributed by atoms with E-state index in [9.17, 15) is 9.59 Å². The number of carbonyl (C=O) groups excluding carboxylic acids is 2. The molecule has 1 atom stereocenters. The van der Waals surface area contributed by atoms with Crippen molar-refractivity contribution in [2.75, 3.05) is 12.9 Å². The molecule has 0 spiro atoms. The standard InChI is InChI=1S/C26H32Cl2N2O3S/c1-18(26(32)29-21-8-4-3-5-9-21)30(15-19-7-6-10-22(13-19)33-2)25(31)17-34-16-20-11-12-23(27)24(28)14-20/h6-7,10-14,18,21H,3-5,8-9,15-17H2,1-2H3,(H,29,32)/t18-/m0/s1. The molecule has 0 heterocycles. The Morgan fingerprint density at radius 1 is 1.09 bits per heavy atom. The quantitative estimate of drug-likeness (QED) is 0.409. The molecule has 34 heavy (non-hydrogen) atoms. The van der Waals surface area contributed by atoms with Gasteiger partial charge in [-0.2, -0.15) is 0 Å². The van der Waals surface area contributed by atoms with Gasteiger partial charge in [-0.05, 0) is 55.2 Å². The Labute approximate surface area is 216 Å². The van der Waals surface area contributed by atoms with Crippen molar-refractivity contribution in [2.45, 2.75) is 63.4 Å². The summed E-state index contributed by atoms with van der Waals surface area (Å²) >= 11 is 13.6. The molecule has 1 fully saturated rings. The van der Waals surface area contributed by atoms with E-state index in [0.29, 0.717) is 22.3 Å². The Morgan fingerprint density at radius 2 is 1.85 bits per heavy atom. The number of carbonyl (C=O) groups is 2. The van der Waals surface area contributed by atoms with E-state index in [1.165, 1.54) is 18.2 Å². The highest BCUT2D eigenvalue weighted by Crippen LogP contribution is 2.25. The van der Waals surface area contributed by atoms with Crippen molar-refractivity contribution in [1.29, 1.82) is 0 Å². The molecule has 1 saturated carbocycles. The van der Waals surface area contributed by atoms with E-state index in [0.717, 1.165) is 42.6 Å². The van der Waals surface area contributed by atoms with Gasteiger partial charge in [-0.15, -0.1) is 11.8 Å². The van der Waals surface area contributed by atoms with Gasteiger partial charge in [0.2, 0.25) is 11.8 Å². The molecule has 0 unspecified atom stereocenters. The first kappa shape index (κ1) is 26.7. The number of nitrogens with zero attached hydrogens (tertiary/aromatic N) is 1. The predicted molar refractivity (Wildman–Crippen MR) is 141 cm³/mol. The van der Waals surface area contributed by atoms with Crippen LogP contribution in [-0.2, 0) is 21.9 Å². The maximum Gasteiger partial charge on any atom is 0.242 e. The van der Waals surface area contributed by atoms with Crippen LogP contribution >= 0.6 is 35.0 Å². The average Bonchev–Trinajstić information content (AvgIpc) is 2.85. The second-order valence-corrected chi connectivity index (χ2v) is 10.4. The molecule has 2 aromatic rings. The molecule has 5 nitrogen and oxygen atoms in total. The minimum absolute atomic E-state index is 0.0841. The smallest absolute Gasteiger partial charge is 0.242 e. The predicted octanol–water partition coefficient (Wildman–Crippen LogP) is 6.10. The van der Waals surface area contributed by atoms with E-state index in [1.54, 1.807) is 25.0 Å². The van der Waals surface area contributed by atoms with Crippen LogP contribution in [0.25, 0.3) is 0 Å². The second kappa shape index (κ2) is 13.3. The number of methoxy groups -OCH3 is 1. The highest BCUT2D eigenvalue weighted by Gasteiger charge is 2.28. The molecule has 1 N–H and O–H groups in total. The summed E-state index contributed by atoms with van der Waals surface area (Å²) in [5, 5.41) is 4.17. The van der Waals surface area contributed by atoms with Crippen LogP contribution in [0.4, 0.5) is 0 Å². The number of thioether (sulfide) groups is 1. The lowest BCUT2D eigenvalue weighted by atomic mass is 9.95. The molecule has 1 aliphatic carbocycles. The Balaban J connectivity index is 1.67. The fourth-order valence-electron chi connectivity index (χ4n) is 4.09. The van der Waals surface area contributed by atoms with Crippen LogP contribution in [0.15, 0.2) is 42.5 Å². The van der Waals surface area contributed by atoms with E-state index in [-0.39, 0.29) is 23.6 Å². The number of rotatable bonds is 10. The molecule has 1 aliphatic rings. The summed E-state index contributed by atoms with van der Waals surface area (Å²) < 4.78 is 5.33. The van der Waals surface area contributed by atoms with Crippen LogP contribution in [0.2, 0.25) is 10.0 Å². The zero-order chi connectivity index (χ0) is 24.5. The molecule has 184 valence electrons. The van der Waals surface area contributed by atoms with Crippen LogP contribution in [0.1, 0.15) is 50.2 Å². The van der Waals surface area contributed by atoms with Gasteiger partial charge in [0, 0.05) is 18.3 Å². The van der Waals surface area contributed by atoms with Crippen molar-refractivity contribution >= 4 is 46.8 Å². The highest BCUT2D eigenvalue weighted by molar-refractivity contribution is 7.99. The Kier molecular flexibility index (Phi) is 10.4. The van der Waals surface area contributed by atoms with Gasteiger partial charge in [0.25, 0.3) is 0 Å². The summed E-state index contributed by atoms with van der Waals surface area (Å²) in [6.45, 7) is 2.14. The van der Waals surface area contributed by atoms with Crippen molar-refractivity contribution in [1.82, 2.24) is 10.2 Å². The first-order chi connectivity index (χ1) is 16.4. The molecule has 2 aromatic carbocycles. The topological polar surface area (TPSA) is 58.6 Å². The maximum absolute atomic E-state index is 13.3. The molecule has 0 bridgehead atoms. The summed E-state index contributed by atoms with van der Waals surface area (Å²) in [4.78, 5) is 28.0. The number of halogens is 2. The molecule has 0 saturated heterocycles. The molecular formula is C26H32Cl2N2O3S. The lowest BCUT2D eigenvalue weighted by Gasteiger charge is -2.31. The van der Waals surface area contributed by atoms with Gasteiger partial charge in [-0.3, -0.25) is 9.59 Å². The molecule has 2 amide bonds. The number of nitrogens with one attached hydrogen (secondary N) is 1. The lowest BCUT2D eigenvalue weighted by molar-refractivity contribution is -0.139. The minimum Gasteiger partial charge on any atom is -0.497 e. The number of hydrogen-bond donors (Lipinski definition) is 1. The number of hydrogen-bond acceptors (Lipinski definition) is 4. The van der Waals surface area contributed by atoms with Crippen molar-refractivity contribution in [3.63, 3.8) is 0 Å². The summed E-state index contributed by atoms with van der Waals surface area (Å²) in [6.07, 6.45) is 5.50. The van der Waals surface area contributed by atoms with Gasteiger partial charge in [0.1, 0.15) is 11.8 Å². The van der Waals surface area contributed by atoms with E-state index in [1.807, 2.05) is 36.4 Å². The Hall–Kier alpha value is -1.89. The van der Waals surface area contributed by atoms with Crippen LogP contribution in [0.3, 0.4) is 0 Å². The molecule has 3 rings (SSSR count). The largest absolute Gasteiger partial charge is 0.497 e. The summed E-state index contributed by atoms with van der Waals surface area (Å²) in [5.74, 6) is 1.42. The van der Waals surface area contributed by atoms with E-state index >= 15 is 0 Å². The van der Waals surface area contributed by atoms with Crippen LogP contribution in [0, 0.1) is 0 Å².